The van der Waals surface area contributed by atoms with Gasteiger partial charge in [-0.3, -0.25) is 14.7 Å². The second kappa shape index (κ2) is 4.53. The number of aromatic nitrogens is 1. The lowest BCUT2D eigenvalue weighted by molar-refractivity contribution is 0.101. The van der Waals surface area contributed by atoms with E-state index in [-0.39, 0.29) is 5.91 Å². The van der Waals surface area contributed by atoms with Crippen molar-refractivity contribution in [3.63, 3.8) is 0 Å². The van der Waals surface area contributed by atoms with Crippen molar-refractivity contribution in [3.05, 3.63) is 78.0 Å². The third kappa shape index (κ3) is 1.62. The minimum absolute atomic E-state index is 0.0312. The summed E-state index contributed by atoms with van der Waals surface area (Å²) in [4.78, 5) is 19.0. The van der Waals surface area contributed by atoms with E-state index >= 15 is 0 Å². The van der Waals surface area contributed by atoms with E-state index in [9.17, 15) is 4.79 Å². The third-order valence-electron chi connectivity index (χ3n) is 4.12. The van der Waals surface area contributed by atoms with Gasteiger partial charge in [0.05, 0.1) is 22.5 Å². The van der Waals surface area contributed by atoms with Gasteiger partial charge in [-0.15, -0.1) is 0 Å². The van der Waals surface area contributed by atoms with E-state index in [1.807, 2.05) is 55.5 Å². The summed E-state index contributed by atoms with van der Waals surface area (Å²) >= 11 is 0. The topological polar surface area (TPSA) is 33.2 Å². The molecular weight excluding hydrogens is 272 g/mol. The first-order valence-electron chi connectivity index (χ1n) is 7.15. The van der Waals surface area contributed by atoms with Crippen LogP contribution in [0.4, 0.5) is 5.69 Å². The van der Waals surface area contributed by atoms with Crippen LogP contribution in [0.5, 0.6) is 0 Å². The summed E-state index contributed by atoms with van der Waals surface area (Å²) in [7, 11) is 0. The van der Waals surface area contributed by atoms with Crippen LogP contribution in [0.2, 0.25) is 0 Å². The van der Waals surface area contributed by atoms with E-state index in [2.05, 4.69) is 11.6 Å². The van der Waals surface area contributed by atoms with Gasteiger partial charge >= 0.3 is 0 Å². The lowest BCUT2D eigenvalue weighted by Crippen LogP contribution is -2.22. The zero-order valence-corrected chi connectivity index (χ0v) is 12.2. The quantitative estimate of drug-likeness (QED) is 0.672. The second-order valence-electron chi connectivity index (χ2n) is 5.44. The summed E-state index contributed by atoms with van der Waals surface area (Å²) in [6, 6.07) is 15.6. The summed E-state index contributed by atoms with van der Waals surface area (Å²) in [5.41, 5.74) is 4.91. The van der Waals surface area contributed by atoms with Gasteiger partial charge in [-0.05, 0) is 24.6 Å². The number of carbonyl (C=O) groups is 1. The van der Waals surface area contributed by atoms with Crippen molar-refractivity contribution in [1.29, 1.82) is 0 Å². The maximum Gasteiger partial charge on any atom is 0.263 e. The molecule has 1 aliphatic heterocycles. The molecule has 0 radical (unpaired) electrons. The lowest BCUT2D eigenvalue weighted by atomic mass is 10.0. The molecule has 0 bridgehead atoms. The van der Waals surface area contributed by atoms with Crippen molar-refractivity contribution < 1.29 is 4.79 Å². The van der Waals surface area contributed by atoms with E-state index in [0.717, 1.165) is 33.3 Å². The molecule has 3 nitrogen and oxygen atoms in total. The minimum atomic E-state index is -0.0312. The van der Waals surface area contributed by atoms with Gasteiger partial charge in [-0.25, -0.2) is 0 Å². The first-order valence-corrected chi connectivity index (χ1v) is 7.15. The zero-order chi connectivity index (χ0) is 15.3. The number of rotatable bonds is 1. The van der Waals surface area contributed by atoms with Crippen molar-refractivity contribution in [1.82, 2.24) is 4.98 Å². The Morgan fingerprint density at radius 1 is 1.05 bits per heavy atom. The Morgan fingerprint density at radius 2 is 1.82 bits per heavy atom. The molecule has 0 N–H and O–H groups in total. The van der Waals surface area contributed by atoms with Crippen LogP contribution in [-0.4, -0.2) is 10.9 Å². The molecular formula is C19H14N2O. The molecule has 2 heterocycles. The summed E-state index contributed by atoms with van der Waals surface area (Å²) in [6.07, 6.45) is 1.74. The summed E-state index contributed by atoms with van der Waals surface area (Å²) in [5.74, 6) is -0.0312. The predicted molar refractivity (Wildman–Crippen MR) is 88.8 cm³/mol. The van der Waals surface area contributed by atoms with Crippen LogP contribution in [-0.2, 0) is 0 Å². The molecule has 1 aromatic heterocycles. The molecule has 0 saturated carbocycles. The third-order valence-corrected chi connectivity index (χ3v) is 4.12. The number of amides is 1. The number of nitrogens with zero attached hydrogens (tertiary/aromatic N) is 2. The Balaban J connectivity index is 1.96. The number of anilines is 1. The molecule has 1 aliphatic rings. The lowest BCUT2D eigenvalue weighted by Gasteiger charge is -2.19. The number of hydrogen-bond acceptors (Lipinski definition) is 2. The first kappa shape index (κ1) is 12.8. The van der Waals surface area contributed by atoms with E-state index in [4.69, 9.17) is 0 Å². The van der Waals surface area contributed by atoms with Crippen LogP contribution < -0.4 is 4.90 Å². The SMILES string of the molecule is C=C1c2cccc(C)c2C(=O)N1c1cccc2cccnc12. The Kier molecular flexibility index (Phi) is 2.63. The van der Waals surface area contributed by atoms with Crippen molar-refractivity contribution in [3.8, 4) is 0 Å². The maximum atomic E-state index is 12.9. The van der Waals surface area contributed by atoms with Crippen LogP contribution in [0.1, 0.15) is 21.5 Å². The summed E-state index contributed by atoms with van der Waals surface area (Å²) in [5, 5.41) is 1.01. The molecule has 4 rings (SSSR count). The van der Waals surface area contributed by atoms with Crippen molar-refractivity contribution in [2.75, 3.05) is 4.90 Å². The van der Waals surface area contributed by atoms with Gasteiger partial charge in [-0.1, -0.05) is 43.0 Å². The van der Waals surface area contributed by atoms with Gasteiger partial charge in [0.25, 0.3) is 5.91 Å². The smallest absolute Gasteiger partial charge is 0.263 e. The first-order chi connectivity index (χ1) is 10.7. The monoisotopic (exact) mass is 286 g/mol. The minimum Gasteiger partial charge on any atom is -0.275 e. The normalized spacial score (nSPS) is 13.8. The van der Waals surface area contributed by atoms with Crippen molar-refractivity contribution >= 4 is 28.2 Å². The van der Waals surface area contributed by atoms with Crippen LogP contribution >= 0.6 is 0 Å². The number of aryl methyl sites for hydroxylation is 1. The average molecular weight is 286 g/mol. The number of benzene rings is 2. The Bertz CT molecular complexity index is 938. The number of fused-ring (bicyclic) bond motifs is 2. The molecule has 0 spiro atoms. The van der Waals surface area contributed by atoms with Crippen LogP contribution in [0.15, 0.2) is 61.3 Å². The molecule has 3 aromatic rings. The van der Waals surface area contributed by atoms with Gasteiger partial charge in [0.15, 0.2) is 0 Å². The second-order valence-corrected chi connectivity index (χ2v) is 5.44. The average Bonchev–Trinajstić information content (AvgIpc) is 2.79. The molecule has 2 aromatic carbocycles. The fraction of sp³-hybridized carbons (Fsp3) is 0.0526. The fourth-order valence-electron chi connectivity index (χ4n) is 3.07. The van der Waals surface area contributed by atoms with E-state index in [1.165, 1.54) is 0 Å². The van der Waals surface area contributed by atoms with Gasteiger partial charge in [0.2, 0.25) is 0 Å². The number of para-hydroxylation sites is 1. The van der Waals surface area contributed by atoms with Crippen LogP contribution in [0.25, 0.3) is 16.6 Å². The number of pyridine rings is 1. The fourth-order valence-corrected chi connectivity index (χ4v) is 3.07. The Morgan fingerprint density at radius 3 is 2.64 bits per heavy atom. The Hall–Kier alpha value is -2.94. The summed E-state index contributed by atoms with van der Waals surface area (Å²) in [6.45, 7) is 6.08. The number of carbonyl (C=O) groups excluding carboxylic acids is 1. The molecule has 0 unspecified atom stereocenters. The van der Waals surface area contributed by atoms with Gasteiger partial charge in [-0.2, -0.15) is 0 Å². The van der Waals surface area contributed by atoms with Gasteiger partial charge in [0.1, 0.15) is 0 Å². The highest BCUT2D eigenvalue weighted by Gasteiger charge is 2.34. The van der Waals surface area contributed by atoms with Crippen molar-refractivity contribution in [2.24, 2.45) is 0 Å². The van der Waals surface area contributed by atoms with Gasteiger partial charge in [0, 0.05) is 17.1 Å². The molecule has 3 heteroatoms. The Labute approximate surface area is 128 Å². The van der Waals surface area contributed by atoms with Crippen LogP contribution in [0.3, 0.4) is 0 Å². The molecule has 106 valence electrons. The van der Waals surface area contributed by atoms with Crippen LogP contribution in [0, 0.1) is 6.92 Å². The van der Waals surface area contributed by atoms with E-state index < -0.39 is 0 Å². The predicted octanol–water partition coefficient (Wildman–Crippen LogP) is 4.17. The zero-order valence-electron chi connectivity index (χ0n) is 12.2. The standard InChI is InChI=1S/C19H14N2O/c1-12-6-3-9-15-13(2)21(19(22)17(12)15)16-10-4-7-14-8-5-11-20-18(14)16/h3-11H,2H2,1H3. The van der Waals surface area contributed by atoms with E-state index in [1.54, 1.807) is 11.1 Å². The largest absolute Gasteiger partial charge is 0.275 e. The summed E-state index contributed by atoms with van der Waals surface area (Å²) < 4.78 is 0. The molecule has 22 heavy (non-hydrogen) atoms. The highest BCUT2D eigenvalue weighted by atomic mass is 16.2. The highest BCUT2D eigenvalue weighted by Crippen LogP contribution is 2.39. The molecule has 0 fully saturated rings. The number of hydrogen-bond donors (Lipinski definition) is 0. The van der Waals surface area contributed by atoms with Crippen molar-refractivity contribution in [2.45, 2.75) is 6.92 Å². The molecule has 0 atom stereocenters. The van der Waals surface area contributed by atoms with Gasteiger partial charge < -0.3 is 0 Å². The maximum absolute atomic E-state index is 12.9. The van der Waals surface area contributed by atoms with E-state index in [0.29, 0.717) is 5.70 Å². The molecule has 0 aliphatic carbocycles. The highest BCUT2D eigenvalue weighted by molar-refractivity contribution is 6.24. The molecule has 0 saturated heterocycles. The molecule has 1 amide bonds.